The molecular formula is C33H41N5O2. The molecule has 1 spiro atoms. The first kappa shape index (κ1) is 26.9. The molecule has 3 heterocycles. The van der Waals surface area contributed by atoms with E-state index in [1.807, 2.05) is 18.3 Å². The van der Waals surface area contributed by atoms with Crippen molar-refractivity contribution in [2.45, 2.75) is 64.6 Å². The molecular weight excluding hydrogens is 498 g/mol. The number of rotatable bonds is 7. The maximum atomic E-state index is 13.1. The van der Waals surface area contributed by atoms with E-state index in [0.717, 1.165) is 63.1 Å². The van der Waals surface area contributed by atoms with Crippen molar-refractivity contribution in [1.82, 2.24) is 20.5 Å². The van der Waals surface area contributed by atoms with Gasteiger partial charge in [0.2, 0.25) is 0 Å². The molecule has 1 aromatic heterocycles. The molecule has 3 N–H and O–H groups in total. The molecule has 1 aliphatic carbocycles. The first-order chi connectivity index (χ1) is 19.2. The second-order valence-corrected chi connectivity index (χ2v) is 13.0. The molecule has 6 rings (SSSR count). The van der Waals surface area contributed by atoms with Crippen LogP contribution in [0, 0.1) is 35.5 Å². The number of nitriles is 1. The summed E-state index contributed by atoms with van der Waals surface area (Å²) < 4.78 is 5.87. The highest BCUT2D eigenvalue weighted by Crippen LogP contribution is 2.56. The van der Waals surface area contributed by atoms with Gasteiger partial charge in [-0.05, 0) is 93.8 Å². The van der Waals surface area contributed by atoms with E-state index < -0.39 is 0 Å². The Bertz CT molecular complexity index is 1440. The average Bonchev–Trinajstić information content (AvgIpc) is 3.38. The van der Waals surface area contributed by atoms with Crippen molar-refractivity contribution in [3.63, 3.8) is 0 Å². The Morgan fingerprint density at radius 2 is 1.95 bits per heavy atom. The van der Waals surface area contributed by atoms with E-state index in [1.54, 1.807) is 7.11 Å². The predicted octanol–water partition coefficient (Wildman–Crippen LogP) is 5.47. The van der Waals surface area contributed by atoms with Crippen LogP contribution in [0.4, 0.5) is 0 Å². The quantitative estimate of drug-likeness (QED) is 0.370. The van der Waals surface area contributed by atoms with Gasteiger partial charge in [0.15, 0.2) is 0 Å². The zero-order valence-electron chi connectivity index (χ0n) is 24.1. The van der Waals surface area contributed by atoms with E-state index in [1.165, 1.54) is 22.1 Å². The lowest BCUT2D eigenvalue weighted by Gasteiger charge is -2.53. The minimum absolute atomic E-state index is 0.0180. The van der Waals surface area contributed by atoms with Gasteiger partial charge in [-0.15, -0.1) is 0 Å². The van der Waals surface area contributed by atoms with Gasteiger partial charge in [0.05, 0.1) is 13.2 Å². The van der Waals surface area contributed by atoms with Crippen LogP contribution < -0.4 is 15.4 Å². The van der Waals surface area contributed by atoms with Crippen LogP contribution in [0.2, 0.25) is 0 Å². The van der Waals surface area contributed by atoms with E-state index in [0.29, 0.717) is 11.5 Å². The number of methoxy groups -OCH3 is 1. The van der Waals surface area contributed by atoms with Crippen molar-refractivity contribution in [1.29, 1.82) is 5.26 Å². The van der Waals surface area contributed by atoms with E-state index in [4.69, 9.17) is 4.74 Å². The predicted molar refractivity (Wildman–Crippen MR) is 157 cm³/mol. The van der Waals surface area contributed by atoms with Gasteiger partial charge in [-0.1, -0.05) is 12.1 Å². The highest BCUT2D eigenvalue weighted by atomic mass is 16.5. The molecule has 7 nitrogen and oxygen atoms in total. The van der Waals surface area contributed by atoms with Crippen LogP contribution in [-0.4, -0.2) is 48.1 Å². The van der Waals surface area contributed by atoms with Crippen molar-refractivity contribution in [3.05, 3.63) is 64.8 Å². The minimum atomic E-state index is -0.244. The van der Waals surface area contributed by atoms with Gasteiger partial charge in [0.25, 0.3) is 5.91 Å². The molecule has 3 aliphatic rings. The maximum Gasteiger partial charge on any atom is 0.251 e. The number of fused-ring (bicyclic) bond motifs is 1. The van der Waals surface area contributed by atoms with Crippen LogP contribution in [0.3, 0.4) is 0 Å². The molecule has 1 saturated carbocycles. The van der Waals surface area contributed by atoms with Crippen molar-refractivity contribution < 1.29 is 9.53 Å². The average molecular weight is 540 g/mol. The Balaban J connectivity index is 1.27. The number of hydrogen-bond acceptors (Lipinski definition) is 5. The fourth-order valence-corrected chi connectivity index (χ4v) is 7.25. The number of nitrogens with zero attached hydrogens (tertiary/aromatic N) is 2. The lowest BCUT2D eigenvalue weighted by molar-refractivity contribution is -0.0298. The molecule has 1 amide bonds. The number of carbonyl (C=O) groups excluding carboxylic acids is 1. The number of aromatic nitrogens is 1. The van der Waals surface area contributed by atoms with E-state index in [9.17, 15) is 10.1 Å². The smallest absolute Gasteiger partial charge is 0.251 e. The first-order valence-corrected chi connectivity index (χ1v) is 14.6. The van der Waals surface area contributed by atoms with Gasteiger partial charge in [-0.3, -0.25) is 9.69 Å². The first-order valence-electron chi connectivity index (χ1n) is 14.6. The highest BCUT2D eigenvalue weighted by molar-refractivity contribution is 5.94. The molecule has 3 fully saturated rings. The summed E-state index contributed by atoms with van der Waals surface area (Å²) in [5, 5.41) is 17.3. The summed E-state index contributed by atoms with van der Waals surface area (Å²) in [7, 11) is 1.75. The Morgan fingerprint density at radius 1 is 1.20 bits per heavy atom. The molecule has 0 radical (unpaired) electrons. The molecule has 40 heavy (non-hydrogen) atoms. The Hall–Kier alpha value is -3.34. The van der Waals surface area contributed by atoms with Gasteiger partial charge in [-0.2, -0.15) is 5.26 Å². The largest absolute Gasteiger partial charge is 0.496 e. The molecule has 3 aromatic rings. The number of H-pyrrole nitrogens is 1. The number of nitrogens with one attached hydrogen (secondary N) is 3. The number of piperidine rings is 1. The van der Waals surface area contributed by atoms with Crippen LogP contribution in [0.1, 0.15) is 72.6 Å². The van der Waals surface area contributed by atoms with Gasteiger partial charge in [-0.25, -0.2) is 0 Å². The summed E-state index contributed by atoms with van der Waals surface area (Å²) >= 11 is 0. The fourth-order valence-electron chi connectivity index (χ4n) is 7.25. The van der Waals surface area contributed by atoms with Crippen molar-refractivity contribution >= 4 is 16.8 Å². The topological polar surface area (TPSA) is 93.2 Å². The summed E-state index contributed by atoms with van der Waals surface area (Å²) in [6.45, 7) is 9.97. The fraction of sp³-hybridized carbons (Fsp3) is 0.515. The Kier molecular flexibility index (Phi) is 6.88. The van der Waals surface area contributed by atoms with Crippen LogP contribution >= 0.6 is 0 Å². The van der Waals surface area contributed by atoms with Crippen LogP contribution in [-0.2, 0) is 6.54 Å². The van der Waals surface area contributed by atoms with Crippen LogP contribution in [0.25, 0.3) is 10.9 Å². The Labute approximate surface area is 237 Å². The molecule has 2 saturated heterocycles. The van der Waals surface area contributed by atoms with Crippen LogP contribution in [0.15, 0.2) is 42.6 Å². The van der Waals surface area contributed by atoms with Gasteiger partial charge >= 0.3 is 0 Å². The minimum Gasteiger partial charge on any atom is -0.496 e. The zero-order valence-corrected chi connectivity index (χ0v) is 24.1. The molecule has 210 valence electrons. The van der Waals surface area contributed by atoms with Gasteiger partial charge in [0.1, 0.15) is 5.75 Å². The number of aromatic amines is 1. The third kappa shape index (κ3) is 4.78. The second-order valence-electron chi connectivity index (χ2n) is 13.0. The number of aryl methyl sites for hydroxylation is 1. The summed E-state index contributed by atoms with van der Waals surface area (Å²) in [5.74, 6) is 1.54. The summed E-state index contributed by atoms with van der Waals surface area (Å²) in [6, 6.07) is 15.2. The highest BCUT2D eigenvalue weighted by Gasteiger charge is 2.49. The van der Waals surface area contributed by atoms with Gasteiger partial charge < -0.3 is 20.4 Å². The lowest BCUT2D eigenvalue weighted by Crippen LogP contribution is -2.60. The number of likely N-dealkylation sites (tertiary alicyclic amines) is 1. The molecule has 2 aromatic carbocycles. The zero-order chi connectivity index (χ0) is 28.1. The van der Waals surface area contributed by atoms with Gasteiger partial charge in [0, 0.05) is 71.3 Å². The Morgan fingerprint density at radius 3 is 2.60 bits per heavy atom. The van der Waals surface area contributed by atoms with E-state index in [2.05, 4.69) is 71.6 Å². The summed E-state index contributed by atoms with van der Waals surface area (Å²) in [6.07, 6.45) is 6.14. The SMILES string of the molecule is COc1cc(C)c2[nH]ccc2c1CN1CCC2(CC(C#N)C2)C[C@H]1c1ccc(C(=O)NC(C)(C)C2CNC2)cc1. The second kappa shape index (κ2) is 10.2. The normalized spacial score (nSPS) is 25.3. The molecule has 0 bridgehead atoms. The molecule has 7 heteroatoms. The van der Waals surface area contributed by atoms with E-state index >= 15 is 0 Å². The van der Waals surface area contributed by atoms with E-state index in [-0.39, 0.29) is 28.8 Å². The summed E-state index contributed by atoms with van der Waals surface area (Å²) in [5.41, 5.74) is 5.46. The maximum absolute atomic E-state index is 13.1. The monoisotopic (exact) mass is 539 g/mol. The van der Waals surface area contributed by atoms with Crippen molar-refractivity contribution in [2.75, 3.05) is 26.7 Å². The lowest BCUT2D eigenvalue weighted by atomic mass is 9.56. The standard InChI is InChI=1S/C33H41N5O2/c1-21-13-29(40-4)27(26-9-11-36-30(21)26)20-38-12-10-33(14-22(15-33)17-34)16-28(38)23-5-7-24(8-6-23)31(39)37-32(2,3)25-18-35-19-25/h5-9,11,13,22,25,28,35-36H,10,12,14-16,18-20H2,1-4H3,(H,37,39)/t22?,28-,33?/m0/s1. The molecule has 1 atom stereocenters. The molecule has 2 aliphatic heterocycles. The number of hydrogen-bond donors (Lipinski definition) is 3. The summed E-state index contributed by atoms with van der Waals surface area (Å²) in [4.78, 5) is 19.1. The van der Waals surface area contributed by atoms with Crippen molar-refractivity contribution in [3.8, 4) is 11.8 Å². The van der Waals surface area contributed by atoms with Crippen molar-refractivity contribution in [2.24, 2.45) is 17.3 Å². The third-order valence-corrected chi connectivity index (χ3v) is 10.0. The van der Waals surface area contributed by atoms with Crippen LogP contribution in [0.5, 0.6) is 5.75 Å². The number of amides is 1. The molecule has 0 unspecified atom stereocenters. The third-order valence-electron chi connectivity index (χ3n) is 10.0. The number of carbonyl (C=O) groups is 1. The number of ether oxygens (including phenoxy) is 1. The number of benzene rings is 2.